The molecule has 1 heterocycles. The molecule has 1 aliphatic rings. The number of rotatable bonds is 10. The summed E-state index contributed by atoms with van der Waals surface area (Å²) in [5.74, 6) is -0.191. The van der Waals surface area contributed by atoms with Gasteiger partial charge in [-0.3, -0.25) is 4.79 Å². The minimum Gasteiger partial charge on any atom is -0.484 e. The van der Waals surface area contributed by atoms with Gasteiger partial charge in [0.05, 0.1) is 18.2 Å². The fourth-order valence-electron chi connectivity index (χ4n) is 3.61. The number of ether oxygens (including phenoxy) is 3. The van der Waals surface area contributed by atoms with Crippen LogP contribution in [-0.2, 0) is 19.1 Å². The fourth-order valence-corrected chi connectivity index (χ4v) is 4.12. The molecule has 2 aromatic carbocycles. The standard InChI is InChI=1S/C25H28ClN3O5S/c1-4-29-16(2)22(24(31)33-14-13-32-3)23(28-25(29)35)17-5-9-19(10-6-17)27-21(30)15-34-20-11-7-18(26)8-12-20/h5-12,23H,4,13-15H2,1-3H3,(H,27,30)(H,28,35). The quantitative estimate of drug-likeness (QED) is 0.277. The van der Waals surface area contributed by atoms with Gasteiger partial charge in [0.2, 0.25) is 0 Å². The molecule has 186 valence electrons. The van der Waals surface area contributed by atoms with Crippen molar-refractivity contribution in [2.24, 2.45) is 0 Å². The van der Waals surface area contributed by atoms with Gasteiger partial charge in [0.15, 0.2) is 11.7 Å². The van der Waals surface area contributed by atoms with Gasteiger partial charge in [-0.05, 0) is 68.0 Å². The van der Waals surface area contributed by atoms with Crippen LogP contribution in [0, 0.1) is 0 Å². The third-order valence-electron chi connectivity index (χ3n) is 5.36. The van der Waals surface area contributed by atoms with Crippen molar-refractivity contribution in [3.05, 3.63) is 70.4 Å². The molecule has 0 fully saturated rings. The highest BCUT2D eigenvalue weighted by Crippen LogP contribution is 2.32. The predicted octanol–water partition coefficient (Wildman–Crippen LogP) is 4.07. The van der Waals surface area contributed by atoms with Crippen molar-refractivity contribution in [1.29, 1.82) is 0 Å². The molecule has 8 nitrogen and oxygen atoms in total. The number of amides is 1. The summed E-state index contributed by atoms with van der Waals surface area (Å²) < 4.78 is 15.9. The molecule has 0 spiro atoms. The lowest BCUT2D eigenvalue weighted by Crippen LogP contribution is -2.47. The fraction of sp³-hybridized carbons (Fsp3) is 0.320. The second-order valence-corrected chi connectivity index (χ2v) is 8.49. The minimum atomic E-state index is -0.488. The Morgan fingerprint density at radius 1 is 1.11 bits per heavy atom. The van der Waals surface area contributed by atoms with Crippen LogP contribution in [0.3, 0.4) is 0 Å². The number of hydrogen-bond acceptors (Lipinski definition) is 6. The van der Waals surface area contributed by atoms with Gasteiger partial charge in [0, 0.05) is 30.1 Å². The lowest BCUT2D eigenvalue weighted by Gasteiger charge is -2.37. The van der Waals surface area contributed by atoms with E-state index in [1.807, 2.05) is 30.9 Å². The number of carbonyl (C=O) groups is 2. The average Bonchev–Trinajstić information content (AvgIpc) is 2.84. The largest absolute Gasteiger partial charge is 0.484 e. The number of nitrogens with one attached hydrogen (secondary N) is 2. The number of halogens is 1. The molecular weight excluding hydrogens is 490 g/mol. The van der Waals surface area contributed by atoms with Crippen LogP contribution >= 0.6 is 23.8 Å². The molecule has 35 heavy (non-hydrogen) atoms. The van der Waals surface area contributed by atoms with Gasteiger partial charge in [-0.15, -0.1) is 0 Å². The highest BCUT2D eigenvalue weighted by atomic mass is 35.5. The molecule has 0 aliphatic carbocycles. The molecule has 10 heteroatoms. The topological polar surface area (TPSA) is 89.1 Å². The van der Waals surface area contributed by atoms with Gasteiger partial charge in [0.25, 0.3) is 5.91 Å². The van der Waals surface area contributed by atoms with Crippen molar-refractivity contribution in [1.82, 2.24) is 10.2 Å². The van der Waals surface area contributed by atoms with Gasteiger partial charge in [0.1, 0.15) is 12.4 Å². The SMILES string of the molecule is CCN1C(=S)NC(c2ccc(NC(=O)COc3ccc(Cl)cc3)cc2)C(C(=O)OCCOC)=C1C. The number of thiocarbonyl (C=S) groups is 1. The van der Waals surface area contributed by atoms with Crippen molar-refractivity contribution < 1.29 is 23.8 Å². The summed E-state index contributed by atoms with van der Waals surface area (Å²) in [6.07, 6.45) is 0. The van der Waals surface area contributed by atoms with Crippen molar-refractivity contribution in [3.8, 4) is 5.75 Å². The Morgan fingerprint density at radius 2 is 1.80 bits per heavy atom. The first-order chi connectivity index (χ1) is 16.8. The first-order valence-electron chi connectivity index (χ1n) is 11.1. The normalized spacial score (nSPS) is 15.5. The van der Waals surface area contributed by atoms with E-state index in [4.69, 9.17) is 38.0 Å². The van der Waals surface area contributed by atoms with Gasteiger partial charge in [-0.25, -0.2) is 4.79 Å². The third-order valence-corrected chi connectivity index (χ3v) is 5.95. The van der Waals surface area contributed by atoms with E-state index in [0.717, 1.165) is 11.3 Å². The first kappa shape index (κ1) is 26.5. The summed E-state index contributed by atoms with van der Waals surface area (Å²) in [4.78, 5) is 27.1. The van der Waals surface area contributed by atoms with E-state index in [-0.39, 0.29) is 19.1 Å². The van der Waals surface area contributed by atoms with E-state index in [1.54, 1.807) is 43.5 Å². The van der Waals surface area contributed by atoms with Crippen molar-refractivity contribution in [3.63, 3.8) is 0 Å². The third kappa shape index (κ3) is 6.94. The van der Waals surface area contributed by atoms with Crippen LogP contribution in [-0.4, -0.2) is 55.4 Å². The van der Waals surface area contributed by atoms with Crippen LogP contribution in [0.1, 0.15) is 25.5 Å². The number of esters is 1. The minimum absolute atomic E-state index is 0.145. The Morgan fingerprint density at radius 3 is 2.43 bits per heavy atom. The summed E-state index contributed by atoms with van der Waals surface area (Å²) in [6.45, 7) is 4.74. The van der Waals surface area contributed by atoms with E-state index < -0.39 is 12.0 Å². The lowest BCUT2D eigenvalue weighted by atomic mass is 9.95. The number of methoxy groups -OCH3 is 1. The number of anilines is 1. The lowest BCUT2D eigenvalue weighted by molar-refractivity contribution is -0.140. The molecule has 0 radical (unpaired) electrons. The molecule has 1 aliphatic heterocycles. The zero-order chi connectivity index (χ0) is 25.4. The molecule has 1 unspecified atom stereocenters. The van der Waals surface area contributed by atoms with Crippen LogP contribution in [0.2, 0.25) is 5.02 Å². The Bertz CT molecular complexity index is 1090. The van der Waals surface area contributed by atoms with E-state index in [2.05, 4.69) is 10.6 Å². The molecule has 0 saturated carbocycles. The van der Waals surface area contributed by atoms with E-state index in [1.165, 1.54) is 0 Å². The van der Waals surface area contributed by atoms with Crippen LogP contribution in [0.4, 0.5) is 5.69 Å². The van der Waals surface area contributed by atoms with E-state index >= 15 is 0 Å². The molecule has 3 rings (SSSR count). The molecule has 0 saturated heterocycles. The maximum atomic E-state index is 12.9. The zero-order valence-corrected chi connectivity index (χ0v) is 21.4. The van der Waals surface area contributed by atoms with E-state index in [0.29, 0.717) is 40.3 Å². The Balaban J connectivity index is 1.71. The number of allylic oxidation sites excluding steroid dienone is 1. The maximum absolute atomic E-state index is 12.9. The molecular formula is C25H28ClN3O5S. The zero-order valence-electron chi connectivity index (χ0n) is 19.8. The van der Waals surface area contributed by atoms with Crippen molar-refractivity contribution >= 4 is 46.5 Å². The van der Waals surface area contributed by atoms with Crippen LogP contribution in [0.25, 0.3) is 0 Å². The van der Waals surface area contributed by atoms with Crippen LogP contribution in [0.5, 0.6) is 5.75 Å². The molecule has 0 bridgehead atoms. The molecule has 2 N–H and O–H groups in total. The summed E-state index contributed by atoms with van der Waals surface area (Å²) in [5.41, 5.74) is 2.61. The smallest absolute Gasteiger partial charge is 0.338 e. The molecule has 1 atom stereocenters. The predicted molar refractivity (Wildman–Crippen MR) is 138 cm³/mol. The second kappa shape index (κ2) is 12.5. The summed E-state index contributed by atoms with van der Waals surface area (Å²) in [7, 11) is 1.55. The molecule has 2 aromatic rings. The maximum Gasteiger partial charge on any atom is 0.338 e. The number of carbonyl (C=O) groups excluding carboxylic acids is 2. The van der Waals surface area contributed by atoms with Crippen LogP contribution in [0.15, 0.2) is 59.8 Å². The van der Waals surface area contributed by atoms with Crippen molar-refractivity contribution in [2.75, 3.05) is 38.8 Å². The van der Waals surface area contributed by atoms with Crippen molar-refractivity contribution in [2.45, 2.75) is 19.9 Å². The molecule has 0 aromatic heterocycles. The summed E-state index contributed by atoms with van der Waals surface area (Å²) >= 11 is 11.4. The van der Waals surface area contributed by atoms with Gasteiger partial charge in [-0.2, -0.15) is 0 Å². The van der Waals surface area contributed by atoms with E-state index in [9.17, 15) is 9.59 Å². The Hall–Kier alpha value is -3.14. The molecule has 1 amide bonds. The van der Waals surface area contributed by atoms with Crippen LogP contribution < -0.4 is 15.4 Å². The number of hydrogen-bond donors (Lipinski definition) is 2. The summed E-state index contributed by atoms with van der Waals surface area (Å²) in [5, 5.41) is 7.15. The Labute approximate surface area is 215 Å². The number of nitrogens with zero attached hydrogens (tertiary/aromatic N) is 1. The van der Waals surface area contributed by atoms with Gasteiger partial charge in [-0.1, -0.05) is 23.7 Å². The highest BCUT2D eigenvalue weighted by molar-refractivity contribution is 7.80. The summed E-state index contributed by atoms with van der Waals surface area (Å²) in [6, 6.07) is 13.5. The van der Waals surface area contributed by atoms with Gasteiger partial charge >= 0.3 is 5.97 Å². The first-order valence-corrected chi connectivity index (χ1v) is 11.9. The second-order valence-electron chi connectivity index (χ2n) is 7.67. The highest BCUT2D eigenvalue weighted by Gasteiger charge is 2.34. The monoisotopic (exact) mass is 517 g/mol. The average molecular weight is 518 g/mol. The number of benzene rings is 2. The Kier molecular flexibility index (Phi) is 9.47. The van der Waals surface area contributed by atoms with Gasteiger partial charge < -0.3 is 29.7 Å².